The highest BCUT2D eigenvalue weighted by Gasteiger charge is 2.25. The quantitative estimate of drug-likeness (QED) is 0.658. The third-order valence-electron chi connectivity index (χ3n) is 4.42. The molecule has 144 valence electrons. The number of benzene rings is 1. The number of ether oxygens (including phenoxy) is 4. The summed E-state index contributed by atoms with van der Waals surface area (Å²) in [5.74, 6) is 1.05. The molecule has 1 aromatic carbocycles. The summed E-state index contributed by atoms with van der Waals surface area (Å²) >= 11 is 0. The first-order chi connectivity index (χ1) is 12.5. The van der Waals surface area contributed by atoms with E-state index in [4.69, 9.17) is 18.9 Å². The van der Waals surface area contributed by atoms with Crippen molar-refractivity contribution in [2.45, 2.75) is 38.7 Å². The zero-order valence-electron chi connectivity index (χ0n) is 15.9. The van der Waals surface area contributed by atoms with Gasteiger partial charge in [0.05, 0.1) is 21.3 Å². The molecule has 1 aliphatic rings. The lowest BCUT2D eigenvalue weighted by atomic mass is 10.1. The van der Waals surface area contributed by atoms with Crippen LogP contribution in [0, 0.1) is 0 Å². The molecule has 1 unspecified atom stereocenters. The van der Waals surface area contributed by atoms with Gasteiger partial charge in [-0.1, -0.05) is 0 Å². The minimum atomic E-state index is -0.750. The normalized spacial score (nSPS) is 14.7. The second kappa shape index (κ2) is 9.31. The first-order valence-corrected chi connectivity index (χ1v) is 8.77. The predicted octanol–water partition coefficient (Wildman–Crippen LogP) is 2.20. The molecule has 0 aliphatic carbocycles. The molecular weight excluding hydrogens is 338 g/mol. The van der Waals surface area contributed by atoms with Gasteiger partial charge in [0.1, 0.15) is 0 Å². The Kier molecular flexibility index (Phi) is 7.12. The van der Waals surface area contributed by atoms with E-state index in [9.17, 15) is 9.59 Å². The van der Waals surface area contributed by atoms with Crippen molar-refractivity contribution in [3.05, 3.63) is 17.7 Å². The fourth-order valence-corrected chi connectivity index (χ4v) is 3.03. The van der Waals surface area contributed by atoms with E-state index in [0.29, 0.717) is 23.7 Å². The average molecular weight is 365 g/mol. The van der Waals surface area contributed by atoms with Crippen LogP contribution in [0.25, 0.3) is 0 Å². The van der Waals surface area contributed by atoms with Crippen molar-refractivity contribution < 1.29 is 28.5 Å². The van der Waals surface area contributed by atoms with Gasteiger partial charge < -0.3 is 23.8 Å². The van der Waals surface area contributed by atoms with Crippen LogP contribution in [0.3, 0.4) is 0 Å². The average Bonchev–Trinajstić information content (AvgIpc) is 3.19. The zero-order chi connectivity index (χ0) is 19.1. The molecule has 2 rings (SSSR count). The molecule has 1 amide bonds. The molecule has 26 heavy (non-hydrogen) atoms. The van der Waals surface area contributed by atoms with Crippen molar-refractivity contribution >= 4 is 11.9 Å². The Morgan fingerprint density at radius 3 is 2.12 bits per heavy atom. The number of esters is 1. The molecule has 7 nitrogen and oxygen atoms in total. The fourth-order valence-electron chi connectivity index (χ4n) is 3.03. The number of amides is 1. The Morgan fingerprint density at radius 1 is 1.04 bits per heavy atom. The molecule has 0 bridgehead atoms. The summed E-state index contributed by atoms with van der Waals surface area (Å²) in [6.07, 6.45) is 1.87. The second-order valence-corrected chi connectivity index (χ2v) is 6.20. The first-order valence-electron chi connectivity index (χ1n) is 8.77. The van der Waals surface area contributed by atoms with Gasteiger partial charge in [0.2, 0.25) is 5.75 Å². The summed E-state index contributed by atoms with van der Waals surface area (Å²) in [6, 6.07) is 3.60. The number of carbonyl (C=O) groups excluding carboxylic acids is 2. The van der Waals surface area contributed by atoms with Gasteiger partial charge >= 0.3 is 5.97 Å². The summed E-state index contributed by atoms with van der Waals surface area (Å²) in [7, 11) is 4.62. The Balaban J connectivity index is 1.93. The molecular formula is C19H27NO6. The SMILES string of the molecule is COc1cc(CCC(=O)OC(C)C(=O)N2CCCC2)cc(OC)c1OC. The third kappa shape index (κ3) is 4.80. The van der Waals surface area contributed by atoms with Crippen LogP contribution in [-0.4, -0.2) is 57.3 Å². The third-order valence-corrected chi connectivity index (χ3v) is 4.42. The van der Waals surface area contributed by atoms with E-state index < -0.39 is 12.1 Å². The Hall–Kier alpha value is -2.44. The lowest BCUT2D eigenvalue weighted by Crippen LogP contribution is -2.38. The van der Waals surface area contributed by atoms with E-state index in [1.165, 1.54) is 7.11 Å². The van der Waals surface area contributed by atoms with Crippen molar-refractivity contribution in [1.29, 1.82) is 0 Å². The molecule has 1 atom stereocenters. The number of likely N-dealkylation sites (tertiary alicyclic amines) is 1. The largest absolute Gasteiger partial charge is 0.493 e. The maximum absolute atomic E-state index is 12.2. The number of hydrogen-bond acceptors (Lipinski definition) is 6. The molecule has 7 heteroatoms. The van der Waals surface area contributed by atoms with Crippen LogP contribution in [0.2, 0.25) is 0 Å². The number of hydrogen-bond donors (Lipinski definition) is 0. The lowest BCUT2D eigenvalue weighted by Gasteiger charge is -2.20. The van der Waals surface area contributed by atoms with Gasteiger partial charge in [-0.15, -0.1) is 0 Å². The summed E-state index contributed by atoms with van der Waals surface area (Å²) in [6.45, 7) is 3.11. The molecule has 1 fully saturated rings. The monoisotopic (exact) mass is 365 g/mol. The van der Waals surface area contributed by atoms with Crippen LogP contribution in [0.4, 0.5) is 0 Å². The van der Waals surface area contributed by atoms with E-state index in [0.717, 1.165) is 31.5 Å². The van der Waals surface area contributed by atoms with Crippen molar-refractivity contribution in [3.63, 3.8) is 0 Å². The van der Waals surface area contributed by atoms with Crippen molar-refractivity contribution in [3.8, 4) is 17.2 Å². The van der Waals surface area contributed by atoms with Gasteiger partial charge in [-0.05, 0) is 43.9 Å². The molecule has 1 aliphatic heterocycles. The van der Waals surface area contributed by atoms with Gasteiger partial charge in [-0.2, -0.15) is 0 Å². The second-order valence-electron chi connectivity index (χ2n) is 6.20. The van der Waals surface area contributed by atoms with Gasteiger partial charge in [-0.25, -0.2) is 0 Å². The van der Waals surface area contributed by atoms with Crippen molar-refractivity contribution in [2.75, 3.05) is 34.4 Å². The minimum Gasteiger partial charge on any atom is -0.493 e. The van der Waals surface area contributed by atoms with Crippen LogP contribution in [0.1, 0.15) is 31.7 Å². The van der Waals surface area contributed by atoms with Crippen molar-refractivity contribution in [1.82, 2.24) is 4.90 Å². The van der Waals surface area contributed by atoms with Gasteiger partial charge in [0.25, 0.3) is 5.91 Å². The Bertz CT molecular complexity index is 614. The Labute approximate surface area is 154 Å². The lowest BCUT2D eigenvalue weighted by molar-refractivity contribution is -0.158. The van der Waals surface area contributed by atoms with Gasteiger partial charge in [0.15, 0.2) is 17.6 Å². The first kappa shape index (κ1) is 19.9. The molecule has 0 aromatic heterocycles. The van der Waals surface area contributed by atoms with E-state index in [1.54, 1.807) is 38.2 Å². The van der Waals surface area contributed by atoms with Gasteiger partial charge in [-0.3, -0.25) is 9.59 Å². The maximum Gasteiger partial charge on any atom is 0.306 e. The summed E-state index contributed by atoms with van der Waals surface area (Å²) in [5, 5.41) is 0. The molecule has 1 saturated heterocycles. The zero-order valence-corrected chi connectivity index (χ0v) is 15.9. The number of carbonyl (C=O) groups is 2. The maximum atomic E-state index is 12.2. The fraction of sp³-hybridized carbons (Fsp3) is 0.579. The van der Waals surface area contributed by atoms with Crippen LogP contribution < -0.4 is 14.2 Å². The number of nitrogens with zero attached hydrogens (tertiary/aromatic N) is 1. The van der Waals surface area contributed by atoms with Crippen LogP contribution in [0.5, 0.6) is 17.2 Å². The minimum absolute atomic E-state index is 0.122. The number of methoxy groups -OCH3 is 3. The summed E-state index contributed by atoms with van der Waals surface area (Å²) in [5.41, 5.74) is 0.856. The molecule has 1 heterocycles. The van der Waals surface area contributed by atoms with Crippen LogP contribution >= 0.6 is 0 Å². The van der Waals surface area contributed by atoms with E-state index >= 15 is 0 Å². The molecule has 0 saturated carbocycles. The molecule has 1 aromatic rings. The van der Waals surface area contributed by atoms with Crippen LogP contribution in [0.15, 0.2) is 12.1 Å². The topological polar surface area (TPSA) is 74.3 Å². The molecule has 0 spiro atoms. The standard InChI is InChI=1S/C19H27NO6/c1-13(19(22)20-9-5-6-10-20)26-17(21)8-7-14-11-15(23-2)18(25-4)16(12-14)24-3/h11-13H,5-10H2,1-4H3. The molecule has 0 N–H and O–H groups in total. The summed E-state index contributed by atoms with van der Waals surface area (Å²) < 4.78 is 21.2. The van der Waals surface area contributed by atoms with E-state index in [1.807, 2.05) is 0 Å². The smallest absolute Gasteiger partial charge is 0.306 e. The Morgan fingerprint density at radius 2 is 1.62 bits per heavy atom. The van der Waals surface area contributed by atoms with Crippen LogP contribution in [-0.2, 0) is 20.7 Å². The predicted molar refractivity (Wildman–Crippen MR) is 95.8 cm³/mol. The van der Waals surface area contributed by atoms with Crippen molar-refractivity contribution in [2.24, 2.45) is 0 Å². The number of rotatable bonds is 8. The highest BCUT2D eigenvalue weighted by molar-refractivity contribution is 5.83. The molecule has 0 radical (unpaired) electrons. The summed E-state index contributed by atoms with van der Waals surface area (Å²) in [4.78, 5) is 26.0. The van der Waals surface area contributed by atoms with Gasteiger partial charge in [0, 0.05) is 19.5 Å². The number of aryl methyl sites for hydroxylation is 1. The van der Waals surface area contributed by atoms with E-state index in [-0.39, 0.29) is 12.3 Å². The highest BCUT2D eigenvalue weighted by atomic mass is 16.5. The highest BCUT2D eigenvalue weighted by Crippen LogP contribution is 2.38. The van der Waals surface area contributed by atoms with E-state index in [2.05, 4.69) is 0 Å².